The highest BCUT2D eigenvalue weighted by atomic mass is 79.9. The molecule has 0 saturated heterocycles. The van der Waals surface area contributed by atoms with Crippen molar-refractivity contribution >= 4 is 108 Å². The van der Waals surface area contributed by atoms with Crippen LogP contribution in [0.2, 0.25) is 0 Å². The van der Waals surface area contributed by atoms with Crippen LogP contribution in [-0.2, 0) is 9.59 Å². The van der Waals surface area contributed by atoms with Gasteiger partial charge in [-0.3, -0.25) is 9.59 Å². The zero-order valence-electron chi connectivity index (χ0n) is 24.4. The minimum absolute atomic E-state index is 0.146. The summed E-state index contributed by atoms with van der Waals surface area (Å²) in [5, 5.41) is 9.75. The van der Waals surface area contributed by atoms with Crippen molar-refractivity contribution < 1.29 is 23.8 Å². The second kappa shape index (κ2) is 14.9. The second-order valence-corrected chi connectivity index (χ2v) is 13.7. The monoisotopic (exact) mass is 880 g/mol. The number of fused-ring (bicyclic) bond motifs is 2. The minimum Gasteiger partial charge on any atom is -0.483 e. The Bertz CT molecular complexity index is 1950. The highest BCUT2D eigenvalue weighted by Gasteiger charge is 2.12. The van der Waals surface area contributed by atoms with Gasteiger partial charge < -0.3 is 24.8 Å². The molecule has 47 heavy (non-hydrogen) atoms. The van der Waals surface area contributed by atoms with Gasteiger partial charge in [0.05, 0.1) is 8.95 Å². The molecule has 7 nitrogen and oxygen atoms in total. The van der Waals surface area contributed by atoms with Gasteiger partial charge in [0.15, 0.2) is 13.2 Å². The Labute approximate surface area is 304 Å². The van der Waals surface area contributed by atoms with Crippen molar-refractivity contribution in [2.45, 2.75) is 0 Å². The highest BCUT2D eigenvalue weighted by molar-refractivity contribution is 9.11. The van der Waals surface area contributed by atoms with E-state index in [1.807, 2.05) is 60.7 Å². The summed E-state index contributed by atoms with van der Waals surface area (Å²) in [4.78, 5) is 25.1. The number of hydrogen-bond acceptors (Lipinski definition) is 5. The molecule has 0 heterocycles. The standard InChI is InChI=1S/C36H24Br4N2O5/c37-23-3-13-29-21(17-23)1-15-31(35(29)39)45-19-33(43)41-25-5-9-27(10-6-25)47-28-11-7-26(8-12-28)42-34(44)20-46-32-16-2-22-18-24(38)4-14-30(22)36(32)40/h1-18H,19-20H2,(H,41,43)(H,42,44). The average molecular weight is 884 g/mol. The van der Waals surface area contributed by atoms with Crippen LogP contribution < -0.4 is 24.8 Å². The molecule has 2 amide bonds. The second-order valence-electron chi connectivity index (χ2n) is 10.3. The molecule has 6 aromatic carbocycles. The average Bonchev–Trinajstić information content (AvgIpc) is 3.06. The Morgan fingerprint density at radius 3 is 1.32 bits per heavy atom. The molecule has 2 N–H and O–H groups in total. The van der Waals surface area contributed by atoms with Gasteiger partial charge in [0.1, 0.15) is 23.0 Å². The predicted molar refractivity (Wildman–Crippen MR) is 200 cm³/mol. The van der Waals surface area contributed by atoms with Crippen LogP contribution >= 0.6 is 63.7 Å². The van der Waals surface area contributed by atoms with Crippen molar-refractivity contribution in [3.63, 3.8) is 0 Å². The Kier molecular flexibility index (Phi) is 10.5. The molecule has 0 unspecified atom stereocenters. The maximum absolute atomic E-state index is 12.5. The summed E-state index contributed by atoms with van der Waals surface area (Å²) < 4.78 is 21.0. The first-order valence-electron chi connectivity index (χ1n) is 14.2. The van der Waals surface area contributed by atoms with Crippen LogP contribution in [0.15, 0.2) is 127 Å². The van der Waals surface area contributed by atoms with E-state index in [0.717, 1.165) is 39.4 Å². The van der Waals surface area contributed by atoms with Crippen molar-refractivity contribution in [2.75, 3.05) is 23.8 Å². The molecule has 0 aliphatic heterocycles. The van der Waals surface area contributed by atoms with Crippen molar-refractivity contribution in [2.24, 2.45) is 0 Å². The van der Waals surface area contributed by atoms with Crippen LogP contribution in [0.5, 0.6) is 23.0 Å². The largest absolute Gasteiger partial charge is 0.483 e. The van der Waals surface area contributed by atoms with E-state index in [2.05, 4.69) is 74.4 Å². The summed E-state index contributed by atoms with van der Waals surface area (Å²) >= 11 is 14.1. The van der Waals surface area contributed by atoms with Gasteiger partial charge >= 0.3 is 0 Å². The van der Waals surface area contributed by atoms with Crippen molar-refractivity contribution in [3.8, 4) is 23.0 Å². The van der Waals surface area contributed by atoms with Gasteiger partial charge in [-0.2, -0.15) is 0 Å². The highest BCUT2D eigenvalue weighted by Crippen LogP contribution is 2.36. The maximum atomic E-state index is 12.5. The van der Waals surface area contributed by atoms with Gasteiger partial charge in [-0.05, 0) is 138 Å². The molecule has 0 bridgehead atoms. The molecular weight excluding hydrogens is 860 g/mol. The number of anilines is 2. The molecule has 11 heteroatoms. The number of amides is 2. The molecular formula is C36H24Br4N2O5. The number of carbonyl (C=O) groups is 2. The Hall–Kier alpha value is -3.90. The van der Waals surface area contributed by atoms with Crippen molar-refractivity contribution in [1.29, 1.82) is 0 Å². The van der Waals surface area contributed by atoms with Crippen LogP contribution in [0.1, 0.15) is 0 Å². The van der Waals surface area contributed by atoms with Crippen LogP contribution in [0.4, 0.5) is 11.4 Å². The molecule has 0 aromatic heterocycles. The summed E-state index contributed by atoms with van der Waals surface area (Å²) in [6, 6.07) is 33.5. The van der Waals surface area contributed by atoms with Gasteiger partial charge in [0.25, 0.3) is 11.8 Å². The maximum Gasteiger partial charge on any atom is 0.262 e. The van der Waals surface area contributed by atoms with Crippen LogP contribution in [-0.4, -0.2) is 25.0 Å². The van der Waals surface area contributed by atoms with Crippen molar-refractivity contribution in [3.05, 3.63) is 127 Å². The molecule has 0 aliphatic rings. The number of carbonyl (C=O) groups excluding carboxylic acids is 2. The van der Waals surface area contributed by atoms with Crippen LogP contribution in [0.25, 0.3) is 21.5 Å². The Morgan fingerprint density at radius 1 is 0.511 bits per heavy atom. The smallest absolute Gasteiger partial charge is 0.262 e. The predicted octanol–water partition coefficient (Wildman–Crippen LogP) is 10.9. The normalized spacial score (nSPS) is 10.9. The van der Waals surface area contributed by atoms with Gasteiger partial charge in [-0.1, -0.05) is 56.1 Å². The number of benzene rings is 6. The summed E-state index contributed by atoms with van der Waals surface area (Å²) in [5.41, 5.74) is 1.22. The van der Waals surface area contributed by atoms with E-state index in [0.29, 0.717) is 34.4 Å². The number of nitrogens with one attached hydrogen (secondary N) is 2. The third kappa shape index (κ3) is 8.34. The summed E-state index contributed by atoms with van der Waals surface area (Å²) in [5.74, 6) is 1.76. The van der Waals surface area contributed by atoms with E-state index in [9.17, 15) is 9.59 Å². The number of halogens is 4. The lowest BCUT2D eigenvalue weighted by Gasteiger charge is -2.12. The molecule has 236 valence electrons. The number of hydrogen-bond donors (Lipinski definition) is 2. The molecule has 6 aromatic rings. The molecule has 0 saturated carbocycles. The van der Waals surface area contributed by atoms with E-state index in [1.54, 1.807) is 48.5 Å². The topological polar surface area (TPSA) is 85.9 Å². The first-order valence-corrected chi connectivity index (χ1v) is 17.4. The fourth-order valence-corrected chi connectivity index (χ4v) is 6.71. The third-order valence-electron chi connectivity index (χ3n) is 6.99. The quantitative estimate of drug-likeness (QED) is 0.143. The van der Waals surface area contributed by atoms with Crippen molar-refractivity contribution in [1.82, 2.24) is 0 Å². The van der Waals surface area contributed by atoms with E-state index in [-0.39, 0.29) is 25.0 Å². The summed E-state index contributed by atoms with van der Waals surface area (Å²) in [6.45, 7) is -0.291. The van der Waals surface area contributed by atoms with E-state index < -0.39 is 0 Å². The Morgan fingerprint density at radius 2 is 0.915 bits per heavy atom. The lowest BCUT2D eigenvalue weighted by Crippen LogP contribution is -2.20. The first-order chi connectivity index (χ1) is 22.7. The molecule has 0 radical (unpaired) electrons. The van der Waals surface area contributed by atoms with Gasteiger partial charge in [0, 0.05) is 20.3 Å². The van der Waals surface area contributed by atoms with E-state index >= 15 is 0 Å². The zero-order chi connectivity index (χ0) is 32.9. The Balaban J connectivity index is 0.965. The van der Waals surface area contributed by atoms with Gasteiger partial charge in [-0.15, -0.1) is 0 Å². The fraction of sp³-hybridized carbons (Fsp3) is 0.0556. The lowest BCUT2D eigenvalue weighted by molar-refractivity contribution is -0.118. The number of ether oxygens (including phenoxy) is 3. The molecule has 0 spiro atoms. The number of rotatable bonds is 10. The molecule has 0 fully saturated rings. The lowest BCUT2D eigenvalue weighted by atomic mass is 10.1. The first kappa shape index (κ1) is 33.0. The van der Waals surface area contributed by atoms with Crippen LogP contribution in [0.3, 0.4) is 0 Å². The fourth-order valence-electron chi connectivity index (χ4n) is 4.74. The van der Waals surface area contributed by atoms with Gasteiger partial charge in [-0.25, -0.2) is 0 Å². The molecule has 0 atom stereocenters. The third-order valence-corrected chi connectivity index (χ3v) is 9.61. The minimum atomic E-state index is -0.289. The summed E-state index contributed by atoms with van der Waals surface area (Å²) in [6.07, 6.45) is 0. The van der Waals surface area contributed by atoms with Crippen LogP contribution in [0, 0.1) is 0 Å². The SMILES string of the molecule is O=C(COc1ccc2cc(Br)ccc2c1Br)Nc1ccc(Oc2ccc(NC(=O)COc3ccc4cc(Br)ccc4c3Br)cc2)cc1. The molecule has 6 rings (SSSR count). The summed E-state index contributed by atoms with van der Waals surface area (Å²) in [7, 11) is 0. The molecule has 0 aliphatic carbocycles. The zero-order valence-corrected chi connectivity index (χ0v) is 30.7. The van der Waals surface area contributed by atoms with E-state index in [4.69, 9.17) is 14.2 Å². The van der Waals surface area contributed by atoms with Gasteiger partial charge in [0.2, 0.25) is 0 Å². The van der Waals surface area contributed by atoms with E-state index in [1.165, 1.54) is 0 Å².